The maximum Gasteiger partial charge on any atom is 0.339 e. The van der Waals surface area contributed by atoms with Crippen LogP contribution in [-0.4, -0.2) is 17.0 Å². The summed E-state index contributed by atoms with van der Waals surface area (Å²) in [6, 6.07) is 16.6. The highest BCUT2D eigenvalue weighted by atomic mass is 32.1. The molecule has 1 aromatic heterocycles. The molecule has 0 saturated heterocycles. The molecule has 3 aromatic rings. The second-order valence-electron chi connectivity index (χ2n) is 5.68. The van der Waals surface area contributed by atoms with Crippen molar-refractivity contribution in [3.63, 3.8) is 0 Å². The van der Waals surface area contributed by atoms with Gasteiger partial charge in [-0.05, 0) is 31.0 Å². The first-order valence-electron chi connectivity index (χ1n) is 7.78. The minimum absolute atomic E-state index is 0.135. The predicted molar refractivity (Wildman–Crippen MR) is 101 cm³/mol. The summed E-state index contributed by atoms with van der Waals surface area (Å²) >= 11 is 1.28. The highest BCUT2D eigenvalue weighted by Crippen LogP contribution is 2.40. The van der Waals surface area contributed by atoms with Crippen LogP contribution >= 0.6 is 11.3 Å². The Labute approximate surface area is 149 Å². The lowest BCUT2D eigenvalue weighted by molar-refractivity contribution is 0.0699. The zero-order valence-corrected chi connectivity index (χ0v) is 14.7. The Morgan fingerprint density at radius 2 is 1.60 bits per heavy atom. The number of hydrogen-bond donors (Lipinski definition) is 2. The lowest BCUT2D eigenvalue weighted by atomic mass is 10.0. The molecule has 3 rings (SSSR count). The number of aromatic carboxylic acids is 1. The van der Waals surface area contributed by atoms with Crippen molar-refractivity contribution in [2.24, 2.45) is 0 Å². The second kappa shape index (κ2) is 6.91. The van der Waals surface area contributed by atoms with Gasteiger partial charge in [-0.25, -0.2) is 4.79 Å². The first kappa shape index (κ1) is 16.9. The van der Waals surface area contributed by atoms with E-state index in [2.05, 4.69) is 5.32 Å². The molecule has 126 valence electrons. The molecule has 1 heterocycles. The number of nitrogens with one attached hydrogen (secondary N) is 1. The first-order chi connectivity index (χ1) is 12.0. The first-order valence-corrected chi connectivity index (χ1v) is 8.59. The Morgan fingerprint density at radius 1 is 0.960 bits per heavy atom. The number of carboxylic acid groups (broad SMARTS) is 1. The Morgan fingerprint density at radius 3 is 2.24 bits per heavy atom. The molecule has 0 bridgehead atoms. The molecular formula is C20H17NO3S. The monoisotopic (exact) mass is 351 g/mol. The molecule has 0 unspecified atom stereocenters. The second-order valence-corrected chi connectivity index (χ2v) is 6.90. The van der Waals surface area contributed by atoms with Crippen LogP contribution in [0.1, 0.15) is 31.2 Å². The number of hydrogen-bond acceptors (Lipinski definition) is 3. The van der Waals surface area contributed by atoms with Crippen molar-refractivity contribution in [1.82, 2.24) is 0 Å². The van der Waals surface area contributed by atoms with Gasteiger partial charge in [0.25, 0.3) is 5.91 Å². The fraction of sp³-hybridized carbons (Fsp3) is 0.100. The van der Waals surface area contributed by atoms with E-state index in [0.29, 0.717) is 16.1 Å². The number of amides is 1. The van der Waals surface area contributed by atoms with Gasteiger partial charge in [0.15, 0.2) is 0 Å². The van der Waals surface area contributed by atoms with E-state index in [1.54, 1.807) is 12.1 Å². The van der Waals surface area contributed by atoms with Crippen LogP contribution in [0.25, 0.3) is 11.1 Å². The molecular weight excluding hydrogens is 334 g/mol. The minimum atomic E-state index is -1.05. The number of carbonyl (C=O) groups is 2. The van der Waals surface area contributed by atoms with E-state index in [9.17, 15) is 14.7 Å². The zero-order chi connectivity index (χ0) is 18.0. The van der Waals surface area contributed by atoms with Crippen LogP contribution in [0, 0.1) is 13.8 Å². The van der Waals surface area contributed by atoms with Crippen LogP contribution in [0.15, 0.2) is 54.6 Å². The number of thiophene rings is 1. The van der Waals surface area contributed by atoms with Gasteiger partial charge in [0.05, 0.1) is 0 Å². The SMILES string of the molecule is Cc1ccccc1C(=O)Nc1sc(C)c(-c2ccccc2)c1C(=O)O. The van der Waals surface area contributed by atoms with Crippen molar-refractivity contribution in [2.45, 2.75) is 13.8 Å². The molecule has 0 saturated carbocycles. The fourth-order valence-corrected chi connectivity index (χ4v) is 3.85. The molecule has 1 amide bonds. The summed E-state index contributed by atoms with van der Waals surface area (Å²) in [5.41, 5.74) is 2.98. The molecule has 5 heteroatoms. The lowest BCUT2D eigenvalue weighted by Gasteiger charge is -2.08. The maximum atomic E-state index is 12.6. The number of rotatable bonds is 4. The van der Waals surface area contributed by atoms with Gasteiger partial charge in [0.2, 0.25) is 0 Å². The van der Waals surface area contributed by atoms with Crippen molar-refractivity contribution < 1.29 is 14.7 Å². The van der Waals surface area contributed by atoms with Gasteiger partial charge in [0, 0.05) is 16.0 Å². The highest BCUT2D eigenvalue weighted by molar-refractivity contribution is 7.17. The summed E-state index contributed by atoms with van der Waals surface area (Å²) in [6.45, 7) is 3.71. The van der Waals surface area contributed by atoms with E-state index in [0.717, 1.165) is 16.0 Å². The van der Waals surface area contributed by atoms with E-state index in [-0.39, 0.29) is 11.5 Å². The third kappa shape index (κ3) is 3.32. The predicted octanol–water partition coefficient (Wildman–Crippen LogP) is 4.98. The van der Waals surface area contributed by atoms with Gasteiger partial charge >= 0.3 is 5.97 Å². The fourth-order valence-electron chi connectivity index (χ4n) is 2.79. The van der Waals surface area contributed by atoms with E-state index >= 15 is 0 Å². The highest BCUT2D eigenvalue weighted by Gasteiger charge is 2.24. The third-order valence-corrected chi connectivity index (χ3v) is 5.00. The zero-order valence-electron chi connectivity index (χ0n) is 13.9. The van der Waals surface area contributed by atoms with Gasteiger partial charge in [-0.2, -0.15) is 0 Å². The van der Waals surface area contributed by atoms with Crippen LogP contribution < -0.4 is 5.32 Å². The van der Waals surface area contributed by atoms with Gasteiger partial charge in [-0.1, -0.05) is 48.5 Å². The van der Waals surface area contributed by atoms with Crippen molar-refractivity contribution in [2.75, 3.05) is 5.32 Å². The summed E-state index contributed by atoms with van der Waals surface area (Å²) in [7, 11) is 0. The Kier molecular flexibility index (Phi) is 4.67. The van der Waals surface area contributed by atoms with E-state index in [4.69, 9.17) is 0 Å². The minimum Gasteiger partial charge on any atom is -0.478 e. The number of aryl methyl sites for hydroxylation is 2. The molecule has 0 aliphatic rings. The molecule has 0 atom stereocenters. The molecule has 0 spiro atoms. The Bertz CT molecular complexity index is 945. The normalized spacial score (nSPS) is 10.5. The molecule has 25 heavy (non-hydrogen) atoms. The molecule has 2 N–H and O–H groups in total. The van der Waals surface area contributed by atoms with E-state index in [1.807, 2.05) is 56.3 Å². The topological polar surface area (TPSA) is 66.4 Å². The van der Waals surface area contributed by atoms with Crippen LogP contribution in [-0.2, 0) is 0 Å². The van der Waals surface area contributed by atoms with Crippen molar-refractivity contribution in [3.05, 3.63) is 76.2 Å². The quantitative estimate of drug-likeness (QED) is 0.696. The van der Waals surface area contributed by atoms with Crippen LogP contribution in [0.5, 0.6) is 0 Å². The summed E-state index contributed by atoms with van der Waals surface area (Å²) < 4.78 is 0. The van der Waals surface area contributed by atoms with Gasteiger partial charge in [-0.3, -0.25) is 4.79 Å². The Balaban J connectivity index is 2.05. The van der Waals surface area contributed by atoms with Crippen LogP contribution in [0.2, 0.25) is 0 Å². The Hall–Kier alpha value is -2.92. The standard InChI is InChI=1S/C20H17NO3S/c1-12-8-6-7-11-15(12)18(22)21-19-17(20(23)24)16(13(2)25-19)14-9-4-3-5-10-14/h3-11H,1-2H3,(H,21,22)(H,23,24). The summed E-state index contributed by atoms with van der Waals surface area (Å²) in [4.78, 5) is 25.3. The molecule has 0 aliphatic heterocycles. The third-order valence-electron chi connectivity index (χ3n) is 3.98. The van der Waals surface area contributed by atoms with Crippen molar-refractivity contribution in [3.8, 4) is 11.1 Å². The summed E-state index contributed by atoms with van der Waals surface area (Å²) in [5.74, 6) is -1.36. The van der Waals surface area contributed by atoms with Crippen LogP contribution in [0.4, 0.5) is 5.00 Å². The van der Waals surface area contributed by atoms with Gasteiger partial charge < -0.3 is 10.4 Å². The van der Waals surface area contributed by atoms with Gasteiger partial charge in [-0.15, -0.1) is 11.3 Å². The van der Waals surface area contributed by atoms with Crippen LogP contribution in [0.3, 0.4) is 0 Å². The number of anilines is 1. The molecule has 0 fully saturated rings. The number of carbonyl (C=O) groups excluding carboxylic acids is 1. The molecule has 0 aliphatic carbocycles. The van der Waals surface area contributed by atoms with E-state index < -0.39 is 5.97 Å². The van der Waals surface area contributed by atoms with Crippen molar-refractivity contribution in [1.29, 1.82) is 0 Å². The van der Waals surface area contributed by atoms with Crippen molar-refractivity contribution >= 4 is 28.2 Å². The molecule has 0 radical (unpaired) electrons. The molecule has 4 nitrogen and oxygen atoms in total. The molecule has 2 aromatic carbocycles. The average Bonchev–Trinajstić information content (AvgIpc) is 2.92. The number of benzene rings is 2. The lowest BCUT2D eigenvalue weighted by Crippen LogP contribution is -2.14. The maximum absolute atomic E-state index is 12.6. The summed E-state index contributed by atoms with van der Waals surface area (Å²) in [5, 5.41) is 12.9. The smallest absolute Gasteiger partial charge is 0.339 e. The summed E-state index contributed by atoms with van der Waals surface area (Å²) in [6.07, 6.45) is 0. The van der Waals surface area contributed by atoms with E-state index in [1.165, 1.54) is 11.3 Å². The average molecular weight is 351 g/mol. The largest absolute Gasteiger partial charge is 0.478 e. The van der Waals surface area contributed by atoms with Gasteiger partial charge in [0.1, 0.15) is 10.6 Å². The number of carboxylic acids is 1.